The summed E-state index contributed by atoms with van der Waals surface area (Å²) in [5, 5.41) is 20.5. The van der Waals surface area contributed by atoms with Gasteiger partial charge < -0.3 is 38.7 Å². The Kier molecular flexibility index (Phi) is 16.7. The van der Waals surface area contributed by atoms with Crippen LogP contribution in [0.5, 0.6) is 0 Å². The van der Waals surface area contributed by atoms with Gasteiger partial charge in [-0.3, -0.25) is 35.4 Å². The minimum atomic E-state index is 0.0535. The second-order valence-electron chi connectivity index (χ2n) is 7.77. The Balaban J connectivity index is 4.37. The molecule has 0 bridgehead atoms. The summed E-state index contributed by atoms with van der Waals surface area (Å²) in [4.78, 5) is 30.3. The third-order valence-corrected chi connectivity index (χ3v) is 4.54. The third kappa shape index (κ3) is 17.4. The van der Waals surface area contributed by atoms with E-state index in [0.29, 0.717) is 82.7 Å². The lowest BCUT2D eigenvalue weighted by atomic mass is 10.1. The molecule has 0 saturated carbocycles. The SMILES string of the molecule is CCC(=O)N(CCCN=C(N)NC(N)=NC)CCCN=C(N)NC(N)=NCCCC(=N)CC(C)=N. The van der Waals surface area contributed by atoms with Gasteiger partial charge in [0.15, 0.2) is 23.8 Å². The summed E-state index contributed by atoms with van der Waals surface area (Å²) in [5.74, 6) is 0.726. The number of rotatable bonds is 15. The summed E-state index contributed by atoms with van der Waals surface area (Å²) < 4.78 is 0. The molecule has 14 heteroatoms. The predicted molar refractivity (Wildman–Crippen MR) is 144 cm³/mol. The van der Waals surface area contributed by atoms with Gasteiger partial charge in [-0.2, -0.15) is 0 Å². The van der Waals surface area contributed by atoms with E-state index in [1.54, 1.807) is 18.9 Å². The fourth-order valence-corrected chi connectivity index (χ4v) is 2.84. The first-order chi connectivity index (χ1) is 16.6. The number of nitrogens with two attached hydrogens (primary N) is 4. The van der Waals surface area contributed by atoms with E-state index >= 15 is 0 Å². The highest BCUT2D eigenvalue weighted by atomic mass is 16.2. The van der Waals surface area contributed by atoms with Crippen molar-refractivity contribution in [1.82, 2.24) is 15.5 Å². The third-order valence-electron chi connectivity index (χ3n) is 4.54. The number of amides is 1. The van der Waals surface area contributed by atoms with Gasteiger partial charge in [0.25, 0.3) is 0 Å². The van der Waals surface area contributed by atoms with E-state index in [2.05, 4.69) is 30.6 Å². The Hall–Kier alpha value is -3.71. The van der Waals surface area contributed by atoms with Crippen molar-refractivity contribution < 1.29 is 4.79 Å². The van der Waals surface area contributed by atoms with Crippen LogP contribution >= 0.6 is 0 Å². The molecule has 0 aromatic heterocycles. The number of hydrogen-bond acceptors (Lipinski definition) is 7. The van der Waals surface area contributed by atoms with Crippen LogP contribution in [0.15, 0.2) is 20.0 Å². The molecular formula is C21H43N13O. The molecule has 0 saturated heterocycles. The summed E-state index contributed by atoms with van der Waals surface area (Å²) in [7, 11) is 1.54. The van der Waals surface area contributed by atoms with Crippen molar-refractivity contribution in [2.24, 2.45) is 42.9 Å². The molecule has 0 unspecified atom stereocenters. The number of hydrogen-bond donors (Lipinski definition) is 8. The van der Waals surface area contributed by atoms with Crippen molar-refractivity contribution in [3.8, 4) is 0 Å². The van der Waals surface area contributed by atoms with Gasteiger partial charge in [-0.1, -0.05) is 6.92 Å². The lowest BCUT2D eigenvalue weighted by molar-refractivity contribution is -0.130. The van der Waals surface area contributed by atoms with Crippen LogP contribution < -0.4 is 33.6 Å². The zero-order valence-electron chi connectivity index (χ0n) is 21.2. The number of carbonyl (C=O) groups is 1. The van der Waals surface area contributed by atoms with Crippen molar-refractivity contribution in [1.29, 1.82) is 10.8 Å². The van der Waals surface area contributed by atoms with Crippen LogP contribution in [0.25, 0.3) is 0 Å². The molecule has 0 aromatic rings. The van der Waals surface area contributed by atoms with E-state index in [0.717, 1.165) is 0 Å². The van der Waals surface area contributed by atoms with Gasteiger partial charge in [0.2, 0.25) is 5.91 Å². The maximum Gasteiger partial charge on any atom is 0.222 e. The van der Waals surface area contributed by atoms with Gasteiger partial charge >= 0.3 is 0 Å². The molecule has 0 aliphatic heterocycles. The standard InChI is InChI=1S/C21H43N13O/c1-4-17(35)34(12-6-10-30-19(25)32-18(24)28-3)13-7-11-31-21(27)33-20(26)29-9-5-8-16(23)14-15(2)22/h22-23H,4-14H2,1-3H3,(H5,24,25,28,30,32)(H5,26,27,29,31,33). The van der Waals surface area contributed by atoms with E-state index in [9.17, 15) is 4.79 Å². The molecular weight excluding hydrogens is 450 g/mol. The largest absolute Gasteiger partial charge is 0.370 e. The minimum Gasteiger partial charge on any atom is -0.370 e. The predicted octanol–water partition coefficient (Wildman–Crippen LogP) is -0.697. The molecule has 0 aliphatic rings. The topological polar surface area (TPSA) is 246 Å². The lowest BCUT2D eigenvalue weighted by Crippen LogP contribution is -2.42. The van der Waals surface area contributed by atoms with Gasteiger partial charge in [-0.05, 0) is 32.6 Å². The van der Waals surface area contributed by atoms with Gasteiger partial charge in [0.05, 0.1) is 0 Å². The molecule has 0 heterocycles. The zero-order chi connectivity index (χ0) is 26.6. The van der Waals surface area contributed by atoms with Gasteiger partial charge in [-0.15, -0.1) is 0 Å². The number of aliphatic imine (C=N–C) groups is 4. The highest BCUT2D eigenvalue weighted by molar-refractivity contribution is 6.00. The van der Waals surface area contributed by atoms with Crippen molar-refractivity contribution in [2.75, 3.05) is 39.8 Å². The summed E-state index contributed by atoms with van der Waals surface area (Å²) in [6, 6.07) is 0. The normalized spacial score (nSPS) is 12.9. The molecule has 0 radical (unpaired) electrons. The second-order valence-corrected chi connectivity index (χ2v) is 7.77. The first-order valence-corrected chi connectivity index (χ1v) is 11.6. The first kappa shape index (κ1) is 31.3. The number of nitrogens with one attached hydrogen (secondary N) is 4. The van der Waals surface area contributed by atoms with Crippen LogP contribution in [0.4, 0.5) is 0 Å². The van der Waals surface area contributed by atoms with Crippen LogP contribution in [0.1, 0.15) is 52.4 Å². The van der Waals surface area contributed by atoms with Crippen LogP contribution in [0.3, 0.4) is 0 Å². The van der Waals surface area contributed by atoms with Crippen LogP contribution in [0, 0.1) is 10.8 Å². The molecule has 0 atom stereocenters. The minimum absolute atomic E-state index is 0.0535. The van der Waals surface area contributed by atoms with Gasteiger partial charge in [0, 0.05) is 64.0 Å². The van der Waals surface area contributed by atoms with Gasteiger partial charge in [-0.25, -0.2) is 0 Å². The van der Waals surface area contributed by atoms with Crippen LogP contribution in [-0.2, 0) is 4.79 Å². The van der Waals surface area contributed by atoms with E-state index in [4.69, 9.17) is 33.8 Å². The van der Waals surface area contributed by atoms with E-state index in [1.807, 2.05) is 6.92 Å². The number of nitrogens with zero attached hydrogens (tertiary/aromatic N) is 5. The Morgan fingerprint density at radius 3 is 1.71 bits per heavy atom. The summed E-state index contributed by atoms with van der Waals surface area (Å²) in [6.45, 7) is 5.91. The molecule has 198 valence electrons. The lowest BCUT2D eigenvalue weighted by Gasteiger charge is -2.21. The molecule has 14 nitrogen and oxygen atoms in total. The average Bonchev–Trinajstić information content (AvgIpc) is 2.79. The fraction of sp³-hybridized carbons (Fsp3) is 0.667. The van der Waals surface area contributed by atoms with Gasteiger partial charge in [0.1, 0.15) is 0 Å². The fourth-order valence-electron chi connectivity index (χ4n) is 2.84. The number of carbonyl (C=O) groups excluding carboxylic acids is 1. The Morgan fingerprint density at radius 2 is 1.29 bits per heavy atom. The number of guanidine groups is 4. The molecule has 0 aliphatic carbocycles. The summed E-state index contributed by atoms with van der Waals surface area (Å²) in [6.07, 6.45) is 3.33. The zero-order valence-corrected chi connectivity index (χ0v) is 21.2. The maximum absolute atomic E-state index is 12.2. The van der Waals surface area contributed by atoms with Crippen molar-refractivity contribution >= 4 is 41.2 Å². The van der Waals surface area contributed by atoms with E-state index in [-0.39, 0.29) is 29.7 Å². The van der Waals surface area contributed by atoms with Crippen molar-refractivity contribution in [3.05, 3.63) is 0 Å². The van der Waals surface area contributed by atoms with Crippen molar-refractivity contribution in [3.63, 3.8) is 0 Å². The molecule has 0 rings (SSSR count). The summed E-state index contributed by atoms with van der Waals surface area (Å²) in [5.41, 5.74) is 23.9. The quantitative estimate of drug-likeness (QED) is 0.0826. The monoisotopic (exact) mass is 493 g/mol. The highest BCUT2D eigenvalue weighted by Gasteiger charge is 2.10. The molecule has 35 heavy (non-hydrogen) atoms. The van der Waals surface area contributed by atoms with Crippen LogP contribution in [-0.4, -0.2) is 85.8 Å². The highest BCUT2D eigenvalue weighted by Crippen LogP contribution is 2.00. The molecule has 1 amide bonds. The smallest absolute Gasteiger partial charge is 0.222 e. The van der Waals surface area contributed by atoms with E-state index in [1.165, 1.54) is 0 Å². The van der Waals surface area contributed by atoms with Crippen molar-refractivity contribution in [2.45, 2.75) is 52.4 Å². The first-order valence-electron chi connectivity index (χ1n) is 11.6. The molecule has 0 spiro atoms. The molecule has 0 fully saturated rings. The van der Waals surface area contributed by atoms with E-state index < -0.39 is 0 Å². The summed E-state index contributed by atoms with van der Waals surface area (Å²) >= 11 is 0. The Bertz CT molecular complexity index is 801. The Morgan fingerprint density at radius 1 is 0.829 bits per heavy atom. The second kappa shape index (κ2) is 18.7. The Labute approximate surface area is 207 Å². The average molecular weight is 494 g/mol. The van der Waals surface area contributed by atoms with Crippen LogP contribution in [0.2, 0.25) is 0 Å². The molecule has 12 N–H and O–H groups in total. The molecule has 0 aromatic carbocycles. The maximum atomic E-state index is 12.2.